The van der Waals surface area contributed by atoms with E-state index in [1.165, 1.54) is 5.57 Å². The Kier molecular flexibility index (Phi) is 4.21. The van der Waals surface area contributed by atoms with Gasteiger partial charge in [0.2, 0.25) is 0 Å². The Morgan fingerprint density at radius 3 is 2.00 bits per heavy atom. The second-order valence-corrected chi connectivity index (χ2v) is 3.92. The molecular formula is C9H14S. The van der Waals surface area contributed by atoms with Gasteiger partial charge in [-0.2, -0.15) is 0 Å². The first-order valence-corrected chi connectivity index (χ1v) is 4.01. The van der Waals surface area contributed by atoms with Gasteiger partial charge in [0.15, 0.2) is 0 Å². The fourth-order valence-corrected chi connectivity index (χ4v) is 1.32. The van der Waals surface area contributed by atoms with Crippen LogP contribution >= 0.6 is 11.8 Å². The maximum absolute atomic E-state index is 3.86. The van der Waals surface area contributed by atoms with Crippen molar-refractivity contribution in [2.24, 2.45) is 0 Å². The normalized spacial score (nSPS) is 8.70. The summed E-state index contributed by atoms with van der Waals surface area (Å²) in [6.07, 6.45) is 2.05. The topological polar surface area (TPSA) is 0 Å². The molecule has 56 valence electrons. The van der Waals surface area contributed by atoms with Crippen LogP contribution in [-0.2, 0) is 0 Å². The van der Waals surface area contributed by atoms with Crippen molar-refractivity contribution < 1.29 is 0 Å². The number of hydrogen-bond donors (Lipinski definition) is 0. The van der Waals surface area contributed by atoms with E-state index in [1.807, 2.05) is 6.92 Å². The zero-order valence-electron chi connectivity index (χ0n) is 6.90. The van der Waals surface area contributed by atoms with Crippen LogP contribution in [0.3, 0.4) is 0 Å². The number of rotatable bonds is 3. The Balaban J connectivity index is 3.88. The standard InChI is InChI=1S/C9H14S/c1-7(2)6-9(5)10-8(3)4/h6H,3,5H2,1-2,4H3. The molecule has 0 atom stereocenters. The van der Waals surface area contributed by atoms with Crippen molar-refractivity contribution in [3.63, 3.8) is 0 Å². The van der Waals surface area contributed by atoms with Gasteiger partial charge >= 0.3 is 0 Å². The van der Waals surface area contributed by atoms with E-state index in [2.05, 4.69) is 33.1 Å². The molecule has 0 aliphatic heterocycles. The van der Waals surface area contributed by atoms with E-state index in [-0.39, 0.29) is 0 Å². The molecule has 0 aliphatic rings. The minimum absolute atomic E-state index is 1.06. The molecule has 0 unspecified atom stereocenters. The first-order valence-electron chi connectivity index (χ1n) is 3.19. The third-order valence-corrected chi connectivity index (χ3v) is 1.48. The summed E-state index contributed by atoms with van der Waals surface area (Å²) in [6.45, 7) is 13.7. The second-order valence-electron chi connectivity index (χ2n) is 2.49. The third-order valence-electron chi connectivity index (χ3n) is 0.755. The summed E-state index contributed by atoms with van der Waals surface area (Å²) in [5.74, 6) is 0. The lowest BCUT2D eigenvalue weighted by Gasteiger charge is -1.97. The average Bonchev–Trinajstić information content (AvgIpc) is 1.58. The molecule has 0 rings (SSSR count). The molecule has 0 N–H and O–H groups in total. The van der Waals surface area contributed by atoms with Crippen molar-refractivity contribution in [1.82, 2.24) is 0 Å². The molecule has 1 heteroatoms. The SMILES string of the molecule is C=C(C)SC(=C)C=C(C)C. The monoisotopic (exact) mass is 154 g/mol. The van der Waals surface area contributed by atoms with Gasteiger partial charge in [0.25, 0.3) is 0 Å². The Labute approximate surface area is 67.7 Å². The molecule has 0 aromatic heterocycles. The summed E-state index contributed by atoms with van der Waals surface area (Å²) >= 11 is 1.62. The average molecular weight is 154 g/mol. The van der Waals surface area contributed by atoms with E-state index in [4.69, 9.17) is 0 Å². The van der Waals surface area contributed by atoms with Gasteiger partial charge in [0, 0.05) is 4.91 Å². The van der Waals surface area contributed by atoms with Crippen molar-refractivity contribution >= 4 is 11.8 Å². The molecule has 0 heterocycles. The highest BCUT2D eigenvalue weighted by Gasteiger charge is 1.89. The third kappa shape index (κ3) is 5.70. The summed E-state index contributed by atoms with van der Waals surface area (Å²) < 4.78 is 0. The molecule has 0 bridgehead atoms. The molecule has 0 spiro atoms. The van der Waals surface area contributed by atoms with Crippen LogP contribution in [0.1, 0.15) is 20.8 Å². The van der Waals surface area contributed by atoms with Crippen molar-refractivity contribution in [3.05, 3.63) is 34.6 Å². The van der Waals surface area contributed by atoms with Crippen molar-refractivity contribution in [2.45, 2.75) is 20.8 Å². The highest BCUT2D eigenvalue weighted by molar-refractivity contribution is 8.06. The molecule has 0 saturated heterocycles. The maximum Gasteiger partial charge on any atom is 0.00457 e. The van der Waals surface area contributed by atoms with E-state index in [0.29, 0.717) is 0 Å². The predicted octanol–water partition coefficient (Wildman–Crippen LogP) is 3.73. The predicted molar refractivity (Wildman–Crippen MR) is 51.0 cm³/mol. The van der Waals surface area contributed by atoms with E-state index >= 15 is 0 Å². The van der Waals surface area contributed by atoms with Crippen LogP contribution in [0.4, 0.5) is 0 Å². The number of thioether (sulfide) groups is 1. The van der Waals surface area contributed by atoms with E-state index in [9.17, 15) is 0 Å². The van der Waals surface area contributed by atoms with Crippen molar-refractivity contribution in [2.75, 3.05) is 0 Å². The summed E-state index contributed by atoms with van der Waals surface area (Å²) in [5, 5.41) is 0. The summed E-state index contributed by atoms with van der Waals surface area (Å²) in [6, 6.07) is 0. The van der Waals surface area contributed by atoms with Gasteiger partial charge in [-0.1, -0.05) is 36.6 Å². The van der Waals surface area contributed by atoms with Gasteiger partial charge < -0.3 is 0 Å². The Morgan fingerprint density at radius 1 is 1.20 bits per heavy atom. The van der Waals surface area contributed by atoms with Crippen molar-refractivity contribution in [3.8, 4) is 0 Å². The van der Waals surface area contributed by atoms with E-state index in [1.54, 1.807) is 11.8 Å². The van der Waals surface area contributed by atoms with Crippen molar-refractivity contribution in [1.29, 1.82) is 0 Å². The molecule has 10 heavy (non-hydrogen) atoms. The first-order chi connectivity index (χ1) is 4.52. The molecule has 0 aliphatic carbocycles. The van der Waals surface area contributed by atoms with Crippen LogP contribution in [0.25, 0.3) is 0 Å². The maximum atomic E-state index is 3.86. The molecule has 0 fully saturated rings. The largest absolute Gasteiger partial charge is 0.0961 e. The number of hydrogen-bond acceptors (Lipinski definition) is 1. The quantitative estimate of drug-likeness (QED) is 0.558. The van der Waals surface area contributed by atoms with Gasteiger partial charge in [-0.3, -0.25) is 0 Å². The lowest BCUT2D eigenvalue weighted by Crippen LogP contribution is -1.69. The Hall–Kier alpha value is -0.430. The fraction of sp³-hybridized carbons (Fsp3) is 0.333. The first kappa shape index (κ1) is 9.57. The van der Waals surface area contributed by atoms with Crippen LogP contribution in [0.2, 0.25) is 0 Å². The van der Waals surface area contributed by atoms with Gasteiger partial charge in [0.05, 0.1) is 0 Å². The van der Waals surface area contributed by atoms with Crippen LogP contribution in [0.15, 0.2) is 34.6 Å². The van der Waals surface area contributed by atoms with Gasteiger partial charge in [-0.15, -0.1) is 0 Å². The molecule has 0 radical (unpaired) electrons. The summed E-state index contributed by atoms with van der Waals surface area (Å²) in [7, 11) is 0. The van der Waals surface area contributed by atoms with Gasteiger partial charge in [0.1, 0.15) is 0 Å². The Bertz CT molecular complexity index is 171. The van der Waals surface area contributed by atoms with Crippen LogP contribution in [0.5, 0.6) is 0 Å². The molecule has 0 saturated carbocycles. The minimum atomic E-state index is 1.06. The van der Waals surface area contributed by atoms with Gasteiger partial charge in [-0.05, 0) is 25.7 Å². The highest BCUT2D eigenvalue weighted by Crippen LogP contribution is 2.23. The number of allylic oxidation sites excluding steroid dienone is 3. The van der Waals surface area contributed by atoms with Crippen LogP contribution in [0, 0.1) is 0 Å². The Morgan fingerprint density at radius 2 is 1.70 bits per heavy atom. The minimum Gasteiger partial charge on any atom is -0.0961 e. The lowest BCUT2D eigenvalue weighted by atomic mass is 10.3. The van der Waals surface area contributed by atoms with E-state index in [0.717, 1.165) is 9.81 Å². The zero-order valence-corrected chi connectivity index (χ0v) is 7.72. The lowest BCUT2D eigenvalue weighted by molar-refractivity contribution is 1.39. The summed E-state index contributed by atoms with van der Waals surface area (Å²) in [4.78, 5) is 2.15. The molecule has 0 amide bonds. The smallest absolute Gasteiger partial charge is 0.00457 e. The second kappa shape index (κ2) is 4.40. The fourth-order valence-electron chi connectivity index (χ4n) is 0.575. The molecular weight excluding hydrogens is 140 g/mol. The zero-order chi connectivity index (χ0) is 8.15. The molecule has 0 aromatic carbocycles. The molecule has 0 aromatic rings. The van der Waals surface area contributed by atoms with Gasteiger partial charge in [-0.25, -0.2) is 0 Å². The van der Waals surface area contributed by atoms with E-state index < -0.39 is 0 Å². The highest BCUT2D eigenvalue weighted by atomic mass is 32.2. The summed E-state index contributed by atoms with van der Waals surface area (Å²) in [5.41, 5.74) is 1.28. The van der Waals surface area contributed by atoms with Crippen LogP contribution < -0.4 is 0 Å². The molecule has 0 nitrogen and oxygen atoms in total. The van der Waals surface area contributed by atoms with Crippen LogP contribution in [-0.4, -0.2) is 0 Å².